The van der Waals surface area contributed by atoms with Crippen molar-refractivity contribution < 1.29 is 13.3 Å². The largest absolute Gasteiger partial charge is 0.461 e. The highest BCUT2D eigenvalue weighted by Crippen LogP contribution is 2.18. The lowest BCUT2D eigenvalue weighted by Gasteiger charge is -2.16. The maximum absolute atomic E-state index is 12.9. The minimum atomic E-state index is -0.264. The number of anilines is 1. The summed E-state index contributed by atoms with van der Waals surface area (Å²) in [5.74, 6) is 1.17. The molecule has 0 saturated heterocycles. The van der Waals surface area contributed by atoms with Crippen molar-refractivity contribution in [3.05, 3.63) is 54.4 Å². The number of benzene rings is 1. The Bertz CT molecular complexity index is 677. The summed E-state index contributed by atoms with van der Waals surface area (Å²) in [5, 5.41) is 3.85. The van der Waals surface area contributed by atoms with Crippen LogP contribution in [0, 0.1) is 5.82 Å². The van der Waals surface area contributed by atoms with Crippen LogP contribution in [-0.4, -0.2) is 17.2 Å². The summed E-state index contributed by atoms with van der Waals surface area (Å²) < 4.78 is 23.2. The Morgan fingerprint density at radius 3 is 2.70 bits per heavy atom. The lowest BCUT2D eigenvalue weighted by Crippen LogP contribution is -2.16. The molecule has 2 aromatic heterocycles. The fourth-order valence-corrected chi connectivity index (χ4v) is 1.81. The van der Waals surface area contributed by atoms with Gasteiger partial charge in [-0.05, 0) is 36.4 Å². The molecule has 6 heteroatoms. The molecule has 0 fully saturated rings. The molecule has 3 rings (SSSR count). The van der Waals surface area contributed by atoms with Gasteiger partial charge < -0.3 is 13.8 Å². The monoisotopic (exact) mass is 273 g/mol. The molecule has 0 N–H and O–H groups in total. The quantitative estimate of drug-likeness (QED) is 0.731. The van der Waals surface area contributed by atoms with Crippen molar-refractivity contribution in [2.45, 2.75) is 6.54 Å². The van der Waals surface area contributed by atoms with Gasteiger partial charge in [0, 0.05) is 12.7 Å². The van der Waals surface area contributed by atoms with Gasteiger partial charge in [-0.2, -0.15) is 4.98 Å². The molecule has 0 radical (unpaired) electrons. The third kappa shape index (κ3) is 2.54. The maximum atomic E-state index is 12.9. The number of furan rings is 1. The SMILES string of the molecule is CN(Cc1nc(-c2ccco2)no1)c1ccc(F)cc1. The molecule has 0 aliphatic heterocycles. The maximum Gasteiger partial charge on any atom is 0.246 e. The molecule has 0 atom stereocenters. The van der Waals surface area contributed by atoms with E-state index in [1.54, 1.807) is 30.5 Å². The first-order valence-corrected chi connectivity index (χ1v) is 6.05. The molecule has 0 saturated carbocycles. The van der Waals surface area contributed by atoms with Crippen molar-refractivity contribution in [3.8, 4) is 11.6 Å². The molecular weight excluding hydrogens is 261 g/mol. The second-order valence-electron chi connectivity index (χ2n) is 4.32. The third-order valence-electron chi connectivity index (χ3n) is 2.85. The molecule has 3 aromatic rings. The minimum Gasteiger partial charge on any atom is -0.461 e. The fourth-order valence-electron chi connectivity index (χ4n) is 1.81. The molecule has 0 amide bonds. The predicted molar refractivity (Wildman–Crippen MR) is 70.5 cm³/mol. The second-order valence-corrected chi connectivity index (χ2v) is 4.32. The van der Waals surface area contributed by atoms with E-state index in [-0.39, 0.29) is 5.82 Å². The van der Waals surface area contributed by atoms with Crippen LogP contribution in [0.2, 0.25) is 0 Å². The number of nitrogens with zero attached hydrogens (tertiary/aromatic N) is 3. The smallest absolute Gasteiger partial charge is 0.246 e. The summed E-state index contributed by atoms with van der Waals surface area (Å²) in [6, 6.07) is 9.73. The molecule has 0 spiro atoms. The minimum absolute atomic E-state index is 0.264. The fraction of sp³-hybridized carbons (Fsp3) is 0.143. The Balaban J connectivity index is 1.73. The van der Waals surface area contributed by atoms with Crippen LogP contribution in [0.1, 0.15) is 5.89 Å². The third-order valence-corrected chi connectivity index (χ3v) is 2.85. The molecule has 2 heterocycles. The van der Waals surface area contributed by atoms with Crippen molar-refractivity contribution in [2.24, 2.45) is 0 Å². The van der Waals surface area contributed by atoms with E-state index in [0.29, 0.717) is 24.0 Å². The second kappa shape index (κ2) is 5.16. The Hall–Kier alpha value is -2.63. The molecule has 5 nitrogen and oxygen atoms in total. The van der Waals surface area contributed by atoms with Crippen LogP contribution in [-0.2, 0) is 6.54 Å². The van der Waals surface area contributed by atoms with E-state index in [2.05, 4.69) is 10.1 Å². The summed E-state index contributed by atoms with van der Waals surface area (Å²) in [6.07, 6.45) is 1.55. The van der Waals surface area contributed by atoms with E-state index in [4.69, 9.17) is 8.94 Å². The van der Waals surface area contributed by atoms with Crippen LogP contribution in [0.25, 0.3) is 11.6 Å². The van der Waals surface area contributed by atoms with Crippen molar-refractivity contribution in [1.82, 2.24) is 10.1 Å². The van der Waals surface area contributed by atoms with E-state index < -0.39 is 0 Å². The summed E-state index contributed by atoms with van der Waals surface area (Å²) in [5.41, 5.74) is 0.865. The summed E-state index contributed by atoms with van der Waals surface area (Å²) >= 11 is 0. The Morgan fingerprint density at radius 2 is 2.00 bits per heavy atom. The van der Waals surface area contributed by atoms with Gasteiger partial charge in [-0.25, -0.2) is 4.39 Å². The standard InChI is InChI=1S/C14H12FN3O2/c1-18(11-6-4-10(15)5-7-11)9-13-16-14(17-20-13)12-3-2-8-19-12/h2-8H,9H2,1H3. The number of aromatic nitrogens is 2. The molecular formula is C14H12FN3O2. The van der Waals surface area contributed by atoms with Crippen LogP contribution in [0.3, 0.4) is 0 Å². The highest BCUT2D eigenvalue weighted by molar-refractivity contribution is 5.46. The van der Waals surface area contributed by atoms with Crippen LogP contribution in [0.5, 0.6) is 0 Å². The number of hydrogen-bond acceptors (Lipinski definition) is 5. The van der Waals surface area contributed by atoms with Gasteiger partial charge in [-0.15, -0.1) is 0 Å². The van der Waals surface area contributed by atoms with Crippen LogP contribution >= 0.6 is 0 Å². The van der Waals surface area contributed by atoms with Gasteiger partial charge in [0.05, 0.1) is 12.8 Å². The summed E-state index contributed by atoms with van der Waals surface area (Å²) in [4.78, 5) is 6.14. The number of hydrogen-bond donors (Lipinski definition) is 0. The average Bonchev–Trinajstić information content (AvgIpc) is 3.09. The first-order valence-electron chi connectivity index (χ1n) is 6.05. The van der Waals surface area contributed by atoms with Gasteiger partial charge in [0.2, 0.25) is 11.7 Å². The number of rotatable bonds is 4. The van der Waals surface area contributed by atoms with E-state index in [0.717, 1.165) is 5.69 Å². The van der Waals surface area contributed by atoms with E-state index >= 15 is 0 Å². The molecule has 20 heavy (non-hydrogen) atoms. The van der Waals surface area contributed by atoms with Crippen LogP contribution in [0.4, 0.5) is 10.1 Å². The van der Waals surface area contributed by atoms with Gasteiger partial charge in [0.15, 0.2) is 5.76 Å². The van der Waals surface area contributed by atoms with E-state index in [1.165, 1.54) is 12.1 Å². The molecule has 0 unspecified atom stereocenters. The normalized spacial score (nSPS) is 10.7. The molecule has 1 aromatic carbocycles. The first kappa shape index (κ1) is 12.4. The van der Waals surface area contributed by atoms with Crippen molar-refractivity contribution >= 4 is 5.69 Å². The van der Waals surface area contributed by atoms with Crippen molar-refractivity contribution in [3.63, 3.8) is 0 Å². The van der Waals surface area contributed by atoms with E-state index in [9.17, 15) is 4.39 Å². The van der Waals surface area contributed by atoms with Gasteiger partial charge >= 0.3 is 0 Å². The summed E-state index contributed by atoms with van der Waals surface area (Å²) in [6.45, 7) is 0.430. The average molecular weight is 273 g/mol. The van der Waals surface area contributed by atoms with Crippen molar-refractivity contribution in [2.75, 3.05) is 11.9 Å². The molecule has 0 bridgehead atoms. The highest BCUT2D eigenvalue weighted by Gasteiger charge is 2.12. The topological polar surface area (TPSA) is 55.3 Å². The van der Waals surface area contributed by atoms with Gasteiger partial charge in [0.25, 0.3) is 0 Å². The van der Waals surface area contributed by atoms with Crippen LogP contribution in [0.15, 0.2) is 51.6 Å². The van der Waals surface area contributed by atoms with Crippen molar-refractivity contribution in [1.29, 1.82) is 0 Å². The van der Waals surface area contributed by atoms with E-state index in [1.807, 2.05) is 11.9 Å². The summed E-state index contributed by atoms with van der Waals surface area (Å²) in [7, 11) is 1.87. The van der Waals surface area contributed by atoms with Gasteiger partial charge in [-0.3, -0.25) is 0 Å². The molecule has 0 aliphatic rings. The lowest BCUT2D eigenvalue weighted by molar-refractivity contribution is 0.377. The Labute approximate surface area is 114 Å². The van der Waals surface area contributed by atoms with Gasteiger partial charge in [0.1, 0.15) is 5.82 Å². The lowest BCUT2D eigenvalue weighted by atomic mass is 10.3. The first-order chi connectivity index (χ1) is 9.72. The van der Waals surface area contributed by atoms with Gasteiger partial charge in [-0.1, -0.05) is 5.16 Å². The predicted octanol–water partition coefficient (Wildman–Crippen LogP) is 3.11. The zero-order valence-electron chi connectivity index (χ0n) is 10.8. The Kier molecular flexibility index (Phi) is 3.20. The number of halogens is 1. The zero-order chi connectivity index (χ0) is 13.9. The Morgan fingerprint density at radius 1 is 1.20 bits per heavy atom. The highest BCUT2D eigenvalue weighted by atomic mass is 19.1. The zero-order valence-corrected chi connectivity index (χ0v) is 10.8. The van der Waals surface area contributed by atoms with Crippen LogP contribution < -0.4 is 4.90 Å². The molecule has 102 valence electrons. The molecule has 0 aliphatic carbocycles.